The zero-order chi connectivity index (χ0) is 18.3. The third-order valence-electron chi connectivity index (χ3n) is 3.45. The van der Waals surface area contributed by atoms with Crippen molar-refractivity contribution in [2.75, 3.05) is 25.4 Å². The van der Waals surface area contributed by atoms with E-state index in [2.05, 4.69) is 4.98 Å². The van der Waals surface area contributed by atoms with Gasteiger partial charge in [-0.05, 0) is 30.3 Å². The SMILES string of the molecule is CCN(CC)S(=O)(=O)c1ccc(SCCOc2cccc(Cl)c2)nc1. The molecule has 5 nitrogen and oxygen atoms in total. The summed E-state index contributed by atoms with van der Waals surface area (Å²) in [6.45, 7) is 5.02. The lowest BCUT2D eigenvalue weighted by Gasteiger charge is -2.18. The van der Waals surface area contributed by atoms with E-state index < -0.39 is 10.0 Å². The molecule has 0 saturated heterocycles. The van der Waals surface area contributed by atoms with E-state index in [0.717, 1.165) is 10.8 Å². The summed E-state index contributed by atoms with van der Waals surface area (Å²) in [5.74, 6) is 1.42. The fourth-order valence-corrected chi connectivity index (χ4v) is 4.43. The Morgan fingerprint density at radius 3 is 2.56 bits per heavy atom. The Morgan fingerprint density at radius 1 is 1.20 bits per heavy atom. The van der Waals surface area contributed by atoms with Gasteiger partial charge in [-0.1, -0.05) is 31.5 Å². The highest BCUT2D eigenvalue weighted by Gasteiger charge is 2.21. The molecule has 0 aliphatic rings. The van der Waals surface area contributed by atoms with Gasteiger partial charge in [0.15, 0.2) is 0 Å². The van der Waals surface area contributed by atoms with E-state index in [-0.39, 0.29) is 4.90 Å². The first kappa shape index (κ1) is 20.0. The minimum Gasteiger partial charge on any atom is -0.493 e. The number of thioether (sulfide) groups is 1. The van der Waals surface area contributed by atoms with E-state index in [0.29, 0.717) is 30.5 Å². The standard InChI is InChI=1S/C17H21ClN2O3S2/c1-3-20(4-2)25(21,22)16-8-9-17(19-13-16)24-11-10-23-15-7-5-6-14(18)12-15/h5-9,12-13H,3-4,10-11H2,1-2H3. The van der Waals surface area contributed by atoms with Gasteiger partial charge in [0, 0.05) is 30.1 Å². The average molecular weight is 401 g/mol. The van der Waals surface area contributed by atoms with Gasteiger partial charge in [-0.2, -0.15) is 4.31 Å². The third-order valence-corrected chi connectivity index (χ3v) is 6.63. The highest BCUT2D eigenvalue weighted by Crippen LogP contribution is 2.21. The third kappa shape index (κ3) is 5.60. The summed E-state index contributed by atoms with van der Waals surface area (Å²) >= 11 is 7.41. The maximum absolute atomic E-state index is 12.4. The Balaban J connectivity index is 1.88. The minimum atomic E-state index is -3.46. The van der Waals surface area contributed by atoms with Crippen LogP contribution in [0.2, 0.25) is 5.02 Å². The predicted molar refractivity (Wildman–Crippen MR) is 102 cm³/mol. The molecule has 0 N–H and O–H groups in total. The molecule has 2 aromatic rings. The molecule has 1 heterocycles. The van der Waals surface area contributed by atoms with Gasteiger partial charge in [-0.3, -0.25) is 0 Å². The first-order chi connectivity index (χ1) is 12.0. The van der Waals surface area contributed by atoms with Crippen LogP contribution in [0.4, 0.5) is 0 Å². The fourth-order valence-electron chi connectivity index (χ4n) is 2.18. The summed E-state index contributed by atoms with van der Waals surface area (Å²) in [5, 5.41) is 1.39. The summed E-state index contributed by atoms with van der Waals surface area (Å²) in [4.78, 5) is 4.45. The van der Waals surface area contributed by atoms with Crippen molar-refractivity contribution in [1.29, 1.82) is 0 Å². The molecule has 0 amide bonds. The van der Waals surface area contributed by atoms with Crippen molar-refractivity contribution in [3.63, 3.8) is 0 Å². The molecular weight excluding hydrogens is 380 g/mol. The van der Waals surface area contributed by atoms with Gasteiger partial charge in [0.1, 0.15) is 10.6 Å². The van der Waals surface area contributed by atoms with Crippen LogP contribution in [0, 0.1) is 0 Å². The zero-order valence-corrected chi connectivity index (χ0v) is 16.6. The van der Waals surface area contributed by atoms with E-state index in [1.165, 1.54) is 22.3 Å². The summed E-state index contributed by atoms with van der Waals surface area (Å²) in [6, 6.07) is 10.6. The van der Waals surface area contributed by atoms with Crippen molar-refractivity contribution in [2.45, 2.75) is 23.8 Å². The van der Waals surface area contributed by atoms with Crippen LogP contribution in [0.5, 0.6) is 5.75 Å². The van der Waals surface area contributed by atoms with Crippen molar-refractivity contribution >= 4 is 33.4 Å². The first-order valence-electron chi connectivity index (χ1n) is 7.94. The topological polar surface area (TPSA) is 59.5 Å². The van der Waals surface area contributed by atoms with Gasteiger partial charge in [0.25, 0.3) is 0 Å². The Kier molecular flexibility index (Phi) is 7.56. The molecule has 0 saturated carbocycles. The Morgan fingerprint density at radius 2 is 1.96 bits per heavy atom. The van der Waals surface area contributed by atoms with Crippen molar-refractivity contribution in [2.24, 2.45) is 0 Å². The number of hydrogen-bond acceptors (Lipinski definition) is 5. The first-order valence-corrected chi connectivity index (χ1v) is 10.7. The molecule has 136 valence electrons. The van der Waals surface area contributed by atoms with Gasteiger partial charge in [0.05, 0.1) is 11.6 Å². The second-order valence-electron chi connectivity index (χ2n) is 5.08. The van der Waals surface area contributed by atoms with Crippen molar-refractivity contribution in [1.82, 2.24) is 9.29 Å². The van der Waals surface area contributed by atoms with E-state index >= 15 is 0 Å². The van der Waals surface area contributed by atoms with Crippen LogP contribution in [-0.2, 0) is 10.0 Å². The maximum Gasteiger partial charge on any atom is 0.244 e. The van der Waals surface area contributed by atoms with Crippen LogP contribution in [0.3, 0.4) is 0 Å². The average Bonchev–Trinajstić information content (AvgIpc) is 2.60. The van der Waals surface area contributed by atoms with Gasteiger partial charge < -0.3 is 4.74 Å². The number of sulfonamides is 1. The van der Waals surface area contributed by atoms with Gasteiger partial charge in [0.2, 0.25) is 10.0 Å². The molecule has 1 aromatic heterocycles. The number of ether oxygens (including phenoxy) is 1. The normalized spacial score (nSPS) is 11.7. The predicted octanol–water partition coefficient (Wildman–Crippen LogP) is 3.94. The maximum atomic E-state index is 12.4. The monoisotopic (exact) mass is 400 g/mol. The van der Waals surface area contributed by atoms with Gasteiger partial charge >= 0.3 is 0 Å². The van der Waals surface area contributed by atoms with Crippen LogP contribution in [0.1, 0.15) is 13.8 Å². The summed E-state index contributed by atoms with van der Waals surface area (Å²) < 4.78 is 31.8. The largest absolute Gasteiger partial charge is 0.493 e. The number of halogens is 1. The molecular formula is C17H21ClN2O3S2. The number of rotatable bonds is 9. The molecule has 8 heteroatoms. The summed E-state index contributed by atoms with van der Waals surface area (Å²) in [6.07, 6.45) is 1.41. The van der Waals surface area contributed by atoms with Crippen LogP contribution in [0.25, 0.3) is 0 Å². The Bertz CT molecular complexity index is 779. The van der Waals surface area contributed by atoms with E-state index in [4.69, 9.17) is 16.3 Å². The zero-order valence-electron chi connectivity index (χ0n) is 14.2. The molecule has 0 aliphatic carbocycles. The molecule has 0 aliphatic heterocycles. The van der Waals surface area contributed by atoms with E-state index in [9.17, 15) is 8.42 Å². The Labute approximate surface area is 158 Å². The molecule has 0 atom stereocenters. The number of benzene rings is 1. The molecule has 0 spiro atoms. The molecule has 1 aromatic carbocycles. The molecule has 0 fully saturated rings. The number of pyridine rings is 1. The molecule has 0 radical (unpaired) electrons. The smallest absolute Gasteiger partial charge is 0.244 e. The second-order valence-corrected chi connectivity index (χ2v) is 8.57. The van der Waals surface area contributed by atoms with E-state index in [1.54, 1.807) is 24.3 Å². The van der Waals surface area contributed by atoms with Crippen molar-refractivity contribution in [3.05, 3.63) is 47.6 Å². The molecule has 25 heavy (non-hydrogen) atoms. The molecule has 0 unspecified atom stereocenters. The second kappa shape index (κ2) is 9.43. The number of aromatic nitrogens is 1. The van der Waals surface area contributed by atoms with Gasteiger partial charge in [-0.25, -0.2) is 13.4 Å². The lowest BCUT2D eigenvalue weighted by Crippen LogP contribution is -2.30. The lowest BCUT2D eigenvalue weighted by molar-refractivity contribution is 0.344. The lowest BCUT2D eigenvalue weighted by atomic mass is 10.3. The van der Waals surface area contributed by atoms with Crippen LogP contribution < -0.4 is 4.74 Å². The number of nitrogens with zero attached hydrogens (tertiary/aromatic N) is 2. The van der Waals surface area contributed by atoms with Crippen LogP contribution in [0.15, 0.2) is 52.5 Å². The minimum absolute atomic E-state index is 0.218. The Hall–Kier alpha value is -1.28. The van der Waals surface area contributed by atoms with Crippen LogP contribution >= 0.6 is 23.4 Å². The summed E-state index contributed by atoms with van der Waals surface area (Å²) in [5.41, 5.74) is 0. The highest BCUT2D eigenvalue weighted by molar-refractivity contribution is 7.99. The van der Waals surface area contributed by atoms with Crippen LogP contribution in [-0.4, -0.2) is 43.2 Å². The van der Waals surface area contributed by atoms with E-state index in [1.807, 2.05) is 26.0 Å². The van der Waals surface area contributed by atoms with Crippen molar-refractivity contribution < 1.29 is 13.2 Å². The molecule has 0 bridgehead atoms. The summed E-state index contributed by atoms with van der Waals surface area (Å²) in [7, 11) is -3.46. The van der Waals surface area contributed by atoms with Gasteiger partial charge in [-0.15, -0.1) is 11.8 Å². The number of hydrogen-bond donors (Lipinski definition) is 0. The fraction of sp³-hybridized carbons (Fsp3) is 0.353. The highest BCUT2D eigenvalue weighted by atomic mass is 35.5. The quantitative estimate of drug-likeness (QED) is 0.471. The molecule has 2 rings (SSSR count). The van der Waals surface area contributed by atoms with Crippen molar-refractivity contribution in [3.8, 4) is 5.75 Å².